The molecule has 0 aromatic heterocycles. The van der Waals surface area contributed by atoms with E-state index in [2.05, 4.69) is 5.32 Å². The highest BCUT2D eigenvalue weighted by Crippen LogP contribution is 2.32. The Morgan fingerprint density at radius 2 is 1.74 bits per heavy atom. The fraction of sp³-hybridized carbons (Fsp3) is 0.769. The van der Waals surface area contributed by atoms with Crippen LogP contribution in [-0.2, 0) is 9.59 Å². The van der Waals surface area contributed by atoms with Gasteiger partial charge in [0.25, 0.3) is 0 Å². The van der Waals surface area contributed by atoms with Crippen molar-refractivity contribution in [3.05, 3.63) is 0 Å². The molecule has 0 aromatic carbocycles. The van der Waals surface area contributed by atoms with Gasteiger partial charge in [0.1, 0.15) is 5.41 Å². The minimum Gasteiger partial charge on any atom is -0.305 e. The van der Waals surface area contributed by atoms with E-state index in [-0.39, 0.29) is 18.5 Å². The summed E-state index contributed by atoms with van der Waals surface area (Å²) in [6.07, 6.45) is 0.794. The number of barbiturate groups is 1. The summed E-state index contributed by atoms with van der Waals surface area (Å²) in [5, 5.41) is 2.31. The van der Waals surface area contributed by atoms with Crippen LogP contribution in [0.3, 0.4) is 0 Å². The molecule has 1 aliphatic heterocycles. The number of carbonyl (C=O) groups excluding carboxylic acids is 3. The van der Waals surface area contributed by atoms with Gasteiger partial charge in [-0.05, 0) is 33.9 Å². The third-order valence-electron chi connectivity index (χ3n) is 4.09. The lowest BCUT2D eigenvalue weighted by molar-refractivity contribution is -0.152. The number of hydrogen-bond donors (Lipinski definition) is 1. The van der Waals surface area contributed by atoms with Crippen molar-refractivity contribution in [3.8, 4) is 0 Å². The Kier molecular flexibility index (Phi) is 4.68. The molecule has 0 radical (unpaired) electrons. The predicted octanol–water partition coefficient (Wildman–Crippen LogP) is 0.821. The highest BCUT2D eigenvalue weighted by atomic mass is 16.2. The van der Waals surface area contributed by atoms with Crippen molar-refractivity contribution < 1.29 is 14.4 Å². The Balaban J connectivity index is 3.02. The predicted molar refractivity (Wildman–Crippen MR) is 71.4 cm³/mol. The van der Waals surface area contributed by atoms with Crippen LogP contribution in [0.5, 0.6) is 0 Å². The van der Waals surface area contributed by atoms with Crippen LogP contribution in [0.15, 0.2) is 0 Å². The molecule has 0 aromatic rings. The summed E-state index contributed by atoms with van der Waals surface area (Å²) in [7, 11) is 3.77. The smallest absolute Gasteiger partial charge is 0.305 e. The summed E-state index contributed by atoms with van der Waals surface area (Å²) >= 11 is 0. The number of amides is 4. The summed E-state index contributed by atoms with van der Waals surface area (Å²) in [4.78, 5) is 39.4. The van der Waals surface area contributed by atoms with Gasteiger partial charge in [-0.3, -0.25) is 19.8 Å². The van der Waals surface area contributed by atoms with Crippen molar-refractivity contribution in [1.29, 1.82) is 0 Å². The first-order valence-electron chi connectivity index (χ1n) is 6.64. The summed E-state index contributed by atoms with van der Waals surface area (Å²) in [5.74, 6) is -0.846. The molecule has 1 rings (SSSR count). The van der Waals surface area contributed by atoms with Gasteiger partial charge < -0.3 is 4.90 Å². The lowest BCUT2D eigenvalue weighted by Gasteiger charge is -2.39. The van der Waals surface area contributed by atoms with Crippen LogP contribution in [0.25, 0.3) is 0 Å². The van der Waals surface area contributed by atoms with Gasteiger partial charge in [0.2, 0.25) is 11.8 Å². The van der Waals surface area contributed by atoms with Crippen LogP contribution in [-0.4, -0.2) is 54.3 Å². The molecule has 1 heterocycles. The first-order chi connectivity index (χ1) is 8.80. The molecule has 6 heteroatoms. The van der Waals surface area contributed by atoms with E-state index in [1.165, 1.54) is 4.90 Å². The lowest BCUT2D eigenvalue weighted by atomic mass is 9.78. The molecule has 1 N–H and O–H groups in total. The van der Waals surface area contributed by atoms with Crippen LogP contribution in [0, 0.1) is 5.41 Å². The zero-order valence-corrected chi connectivity index (χ0v) is 12.3. The molecule has 1 saturated heterocycles. The van der Waals surface area contributed by atoms with Crippen LogP contribution in [0.1, 0.15) is 33.6 Å². The number of carbonyl (C=O) groups is 3. The maximum absolute atomic E-state index is 12.5. The SMILES string of the molecule is CCC1(CC)C(=O)NC(=O)N(CC(C)N(C)C)C1=O. The molecule has 0 aliphatic carbocycles. The maximum atomic E-state index is 12.5. The van der Waals surface area contributed by atoms with Crippen molar-refractivity contribution in [2.45, 2.75) is 39.7 Å². The molecular formula is C13H23N3O3. The molecule has 1 fully saturated rings. The number of urea groups is 1. The summed E-state index contributed by atoms with van der Waals surface area (Å²) in [6, 6.07) is -0.574. The number of rotatable bonds is 5. The van der Waals surface area contributed by atoms with E-state index in [1.54, 1.807) is 13.8 Å². The van der Waals surface area contributed by atoms with Gasteiger partial charge in [-0.25, -0.2) is 4.79 Å². The molecule has 6 nitrogen and oxygen atoms in total. The Morgan fingerprint density at radius 3 is 2.16 bits per heavy atom. The van der Waals surface area contributed by atoms with E-state index in [1.807, 2.05) is 25.9 Å². The normalized spacial score (nSPS) is 20.7. The summed E-state index contributed by atoms with van der Waals surface area (Å²) in [6.45, 7) is 5.80. The van der Waals surface area contributed by atoms with Gasteiger partial charge in [0, 0.05) is 12.6 Å². The van der Waals surface area contributed by atoms with Crippen LogP contribution in [0.2, 0.25) is 0 Å². The topological polar surface area (TPSA) is 69.7 Å². The molecule has 1 atom stereocenters. The van der Waals surface area contributed by atoms with Gasteiger partial charge in [-0.15, -0.1) is 0 Å². The summed E-state index contributed by atoms with van der Waals surface area (Å²) in [5.41, 5.74) is -1.10. The second-order valence-corrected chi connectivity index (χ2v) is 5.28. The van der Waals surface area contributed by atoms with Crippen LogP contribution in [0.4, 0.5) is 4.79 Å². The van der Waals surface area contributed by atoms with Crippen molar-refractivity contribution in [2.75, 3.05) is 20.6 Å². The molecule has 19 heavy (non-hydrogen) atoms. The second kappa shape index (κ2) is 5.69. The first kappa shape index (κ1) is 15.6. The molecule has 0 saturated carbocycles. The average molecular weight is 269 g/mol. The number of likely N-dealkylation sites (N-methyl/N-ethyl adjacent to an activating group) is 1. The number of nitrogens with zero attached hydrogens (tertiary/aromatic N) is 2. The van der Waals surface area contributed by atoms with Gasteiger partial charge in [-0.2, -0.15) is 0 Å². The van der Waals surface area contributed by atoms with Crippen molar-refractivity contribution in [2.24, 2.45) is 5.41 Å². The quantitative estimate of drug-likeness (QED) is 0.750. The minimum absolute atomic E-state index is 0.0364. The lowest BCUT2D eigenvalue weighted by Crippen LogP contribution is -2.65. The van der Waals surface area contributed by atoms with Gasteiger partial charge in [0.05, 0.1) is 0 Å². The average Bonchev–Trinajstić information content (AvgIpc) is 2.35. The Hall–Kier alpha value is -1.43. The third kappa shape index (κ3) is 2.63. The Bertz CT molecular complexity index is 389. The van der Waals surface area contributed by atoms with E-state index in [0.717, 1.165) is 0 Å². The van der Waals surface area contributed by atoms with Gasteiger partial charge >= 0.3 is 6.03 Å². The molecule has 108 valence electrons. The number of hydrogen-bond acceptors (Lipinski definition) is 4. The molecule has 0 bridgehead atoms. The Labute approximate surface area is 114 Å². The largest absolute Gasteiger partial charge is 0.330 e. The second-order valence-electron chi connectivity index (χ2n) is 5.28. The third-order valence-corrected chi connectivity index (χ3v) is 4.09. The molecule has 1 aliphatic rings. The monoisotopic (exact) mass is 269 g/mol. The first-order valence-corrected chi connectivity index (χ1v) is 6.64. The van der Waals surface area contributed by atoms with Crippen LogP contribution < -0.4 is 5.32 Å². The Morgan fingerprint density at radius 1 is 1.21 bits per heavy atom. The van der Waals surface area contributed by atoms with Gasteiger partial charge in [0.15, 0.2) is 0 Å². The van der Waals surface area contributed by atoms with Crippen molar-refractivity contribution >= 4 is 17.8 Å². The van der Waals surface area contributed by atoms with E-state index >= 15 is 0 Å². The summed E-state index contributed by atoms with van der Waals surface area (Å²) < 4.78 is 0. The minimum atomic E-state index is -1.10. The van der Waals surface area contributed by atoms with E-state index in [0.29, 0.717) is 12.8 Å². The highest BCUT2D eigenvalue weighted by Gasteiger charge is 2.51. The maximum Gasteiger partial charge on any atom is 0.330 e. The van der Waals surface area contributed by atoms with E-state index < -0.39 is 17.4 Å². The van der Waals surface area contributed by atoms with Crippen LogP contribution >= 0.6 is 0 Å². The molecule has 4 amide bonds. The van der Waals surface area contributed by atoms with Crippen molar-refractivity contribution in [3.63, 3.8) is 0 Å². The van der Waals surface area contributed by atoms with Gasteiger partial charge in [-0.1, -0.05) is 13.8 Å². The number of nitrogens with one attached hydrogen (secondary N) is 1. The highest BCUT2D eigenvalue weighted by molar-refractivity contribution is 6.19. The fourth-order valence-electron chi connectivity index (χ4n) is 2.20. The van der Waals surface area contributed by atoms with E-state index in [9.17, 15) is 14.4 Å². The fourth-order valence-corrected chi connectivity index (χ4v) is 2.20. The molecule has 1 unspecified atom stereocenters. The standard InChI is InChI=1S/C13H23N3O3/c1-6-13(7-2)10(17)14-12(19)16(11(13)18)8-9(3)15(4)5/h9H,6-8H2,1-5H3,(H,14,17,19). The molecule has 0 spiro atoms. The van der Waals surface area contributed by atoms with E-state index in [4.69, 9.17) is 0 Å². The number of imide groups is 2. The zero-order valence-electron chi connectivity index (χ0n) is 12.3. The van der Waals surface area contributed by atoms with Crippen molar-refractivity contribution in [1.82, 2.24) is 15.1 Å². The molecular weight excluding hydrogens is 246 g/mol. The zero-order chi connectivity index (χ0) is 14.8.